The highest BCUT2D eigenvalue weighted by molar-refractivity contribution is 7.14. The van der Waals surface area contributed by atoms with Crippen LogP contribution >= 0.6 is 11.3 Å². The maximum absolute atomic E-state index is 11.9. The van der Waals surface area contributed by atoms with Gasteiger partial charge in [-0.25, -0.2) is 0 Å². The summed E-state index contributed by atoms with van der Waals surface area (Å²) in [4.78, 5) is 13.9. The Hall–Kier alpha value is -1.62. The van der Waals surface area contributed by atoms with E-state index in [4.69, 9.17) is 0 Å². The number of nitrogens with one attached hydrogen (secondary N) is 1. The highest BCUT2D eigenvalue weighted by Crippen LogP contribution is 2.20. The largest absolute Gasteiger partial charge is 0.346 e. The summed E-state index contributed by atoms with van der Waals surface area (Å²) in [6.07, 6.45) is 1.92. The molecule has 18 heavy (non-hydrogen) atoms. The van der Waals surface area contributed by atoms with Crippen LogP contribution in [-0.4, -0.2) is 15.7 Å². The number of carbonyl (C=O) groups is 1. The zero-order valence-corrected chi connectivity index (χ0v) is 11.7. The molecule has 0 aliphatic rings. The first-order valence-corrected chi connectivity index (χ1v) is 6.79. The van der Waals surface area contributed by atoms with Gasteiger partial charge in [-0.15, -0.1) is 11.3 Å². The molecule has 0 bridgehead atoms. The molecule has 0 atom stereocenters. The van der Waals surface area contributed by atoms with E-state index < -0.39 is 0 Å². The van der Waals surface area contributed by atoms with Gasteiger partial charge in [0.1, 0.15) is 0 Å². The molecule has 1 amide bonds. The Morgan fingerprint density at radius 3 is 2.83 bits per heavy atom. The van der Waals surface area contributed by atoms with Crippen molar-refractivity contribution in [1.82, 2.24) is 15.1 Å². The minimum atomic E-state index is -0.0257. The monoisotopic (exact) mass is 263 g/mol. The number of aromatic nitrogens is 2. The third-order valence-corrected chi connectivity index (χ3v) is 3.99. The van der Waals surface area contributed by atoms with Crippen LogP contribution in [0.1, 0.15) is 32.7 Å². The lowest BCUT2D eigenvalue weighted by Gasteiger charge is -2.00. The Kier molecular flexibility index (Phi) is 3.81. The average Bonchev–Trinajstić information content (AvgIpc) is 2.94. The number of amides is 1. The second-order valence-corrected chi connectivity index (χ2v) is 5.45. The number of rotatable bonds is 4. The molecule has 0 saturated heterocycles. The molecule has 0 aliphatic heterocycles. The van der Waals surface area contributed by atoms with Gasteiger partial charge in [0.15, 0.2) is 0 Å². The van der Waals surface area contributed by atoms with Gasteiger partial charge in [0.25, 0.3) is 5.91 Å². The van der Waals surface area contributed by atoms with Crippen LogP contribution in [-0.2, 0) is 13.1 Å². The van der Waals surface area contributed by atoms with Crippen LogP contribution in [0.15, 0.2) is 18.3 Å². The van der Waals surface area contributed by atoms with Gasteiger partial charge in [-0.1, -0.05) is 0 Å². The quantitative estimate of drug-likeness (QED) is 0.921. The fourth-order valence-electron chi connectivity index (χ4n) is 1.62. The van der Waals surface area contributed by atoms with Gasteiger partial charge in [0.05, 0.1) is 17.1 Å². The Balaban J connectivity index is 1.95. The summed E-state index contributed by atoms with van der Waals surface area (Å²) < 4.78 is 1.85. The van der Waals surface area contributed by atoms with E-state index >= 15 is 0 Å². The van der Waals surface area contributed by atoms with Crippen LogP contribution in [0.2, 0.25) is 0 Å². The summed E-state index contributed by atoms with van der Waals surface area (Å²) >= 11 is 1.53. The maximum Gasteiger partial charge on any atom is 0.261 e. The third kappa shape index (κ3) is 2.79. The van der Waals surface area contributed by atoms with Gasteiger partial charge in [0.2, 0.25) is 0 Å². The van der Waals surface area contributed by atoms with E-state index in [9.17, 15) is 4.79 Å². The van der Waals surface area contributed by atoms with Crippen LogP contribution in [0.4, 0.5) is 0 Å². The fourth-order valence-corrected chi connectivity index (χ4v) is 2.57. The van der Waals surface area contributed by atoms with Crippen molar-refractivity contribution >= 4 is 17.2 Å². The number of thiophene rings is 1. The summed E-state index contributed by atoms with van der Waals surface area (Å²) in [7, 11) is 0. The first-order valence-electron chi connectivity index (χ1n) is 5.97. The van der Waals surface area contributed by atoms with Gasteiger partial charge in [-0.05, 0) is 38.5 Å². The first kappa shape index (κ1) is 12.8. The fraction of sp³-hybridized carbons (Fsp3) is 0.385. The van der Waals surface area contributed by atoms with E-state index in [2.05, 4.69) is 10.4 Å². The van der Waals surface area contributed by atoms with E-state index in [1.807, 2.05) is 43.8 Å². The number of carbonyl (C=O) groups excluding carboxylic acids is 1. The highest BCUT2D eigenvalue weighted by atomic mass is 32.1. The molecule has 0 radical (unpaired) electrons. The van der Waals surface area contributed by atoms with Gasteiger partial charge in [0, 0.05) is 17.6 Å². The van der Waals surface area contributed by atoms with Crippen LogP contribution < -0.4 is 5.32 Å². The van der Waals surface area contributed by atoms with Gasteiger partial charge < -0.3 is 5.32 Å². The predicted octanol–water partition coefficient (Wildman–Crippen LogP) is 2.51. The number of aryl methyl sites for hydroxylation is 3. The van der Waals surface area contributed by atoms with Crippen molar-refractivity contribution in [3.63, 3.8) is 0 Å². The van der Waals surface area contributed by atoms with Crippen molar-refractivity contribution in [2.75, 3.05) is 0 Å². The molecule has 2 aromatic rings. The lowest BCUT2D eigenvalue weighted by atomic mass is 10.3. The van der Waals surface area contributed by atoms with Gasteiger partial charge >= 0.3 is 0 Å². The molecule has 1 N–H and O–H groups in total. The van der Waals surface area contributed by atoms with Crippen LogP contribution in [0.5, 0.6) is 0 Å². The highest BCUT2D eigenvalue weighted by Gasteiger charge is 2.10. The second-order valence-electron chi connectivity index (χ2n) is 4.20. The van der Waals surface area contributed by atoms with Gasteiger partial charge in [-0.3, -0.25) is 9.48 Å². The maximum atomic E-state index is 11.9. The minimum Gasteiger partial charge on any atom is -0.346 e. The summed E-state index contributed by atoms with van der Waals surface area (Å²) in [5.41, 5.74) is 2.05. The van der Waals surface area contributed by atoms with E-state index in [0.717, 1.165) is 17.1 Å². The van der Waals surface area contributed by atoms with Crippen molar-refractivity contribution in [1.29, 1.82) is 0 Å². The summed E-state index contributed by atoms with van der Waals surface area (Å²) in [5, 5.41) is 7.21. The van der Waals surface area contributed by atoms with Crippen molar-refractivity contribution in [3.05, 3.63) is 39.3 Å². The topological polar surface area (TPSA) is 46.9 Å². The van der Waals surface area contributed by atoms with E-state index in [-0.39, 0.29) is 5.91 Å². The Labute approximate surface area is 111 Å². The van der Waals surface area contributed by atoms with Crippen molar-refractivity contribution in [2.45, 2.75) is 33.9 Å². The second kappa shape index (κ2) is 5.35. The number of nitrogens with zero attached hydrogens (tertiary/aromatic N) is 2. The smallest absolute Gasteiger partial charge is 0.261 e. The van der Waals surface area contributed by atoms with E-state index in [1.165, 1.54) is 21.8 Å². The molecule has 5 heteroatoms. The average molecular weight is 263 g/mol. The van der Waals surface area contributed by atoms with Crippen LogP contribution in [0.25, 0.3) is 0 Å². The lowest BCUT2D eigenvalue weighted by molar-refractivity contribution is 0.0954. The molecule has 0 aromatic carbocycles. The molecular weight excluding hydrogens is 246 g/mol. The Bertz CT molecular complexity index is 537. The number of hydrogen-bond donors (Lipinski definition) is 1. The molecule has 0 unspecified atom stereocenters. The molecule has 2 aromatic heterocycles. The molecule has 0 fully saturated rings. The molecule has 2 rings (SSSR count). The lowest BCUT2D eigenvalue weighted by Crippen LogP contribution is -2.22. The Morgan fingerprint density at radius 2 is 2.28 bits per heavy atom. The predicted molar refractivity (Wildman–Crippen MR) is 72.9 cm³/mol. The zero-order chi connectivity index (χ0) is 13.1. The zero-order valence-electron chi connectivity index (χ0n) is 10.9. The number of hydrogen-bond acceptors (Lipinski definition) is 3. The molecular formula is C13H17N3OS. The molecule has 0 spiro atoms. The van der Waals surface area contributed by atoms with Gasteiger partial charge in [-0.2, -0.15) is 5.10 Å². The standard InChI is InChI=1S/C13H17N3OS/c1-4-16-6-5-11(15-16)8-14-13(17)12-7-9(2)10(3)18-12/h5-7H,4,8H2,1-3H3,(H,14,17). The SMILES string of the molecule is CCn1ccc(CNC(=O)c2cc(C)c(C)s2)n1. The Morgan fingerprint density at radius 1 is 1.50 bits per heavy atom. The van der Waals surface area contributed by atoms with Crippen LogP contribution in [0, 0.1) is 13.8 Å². The third-order valence-electron chi connectivity index (χ3n) is 2.84. The van der Waals surface area contributed by atoms with Crippen LogP contribution in [0.3, 0.4) is 0 Å². The van der Waals surface area contributed by atoms with Crippen molar-refractivity contribution < 1.29 is 4.79 Å². The molecule has 4 nitrogen and oxygen atoms in total. The molecule has 0 aliphatic carbocycles. The summed E-state index contributed by atoms with van der Waals surface area (Å²) in [5.74, 6) is -0.0257. The normalized spacial score (nSPS) is 10.6. The minimum absolute atomic E-state index is 0.0257. The van der Waals surface area contributed by atoms with Crippen molar-refractivity contribution in [3.8, 4) is 0 Å². The molecule has 0 saturated carbocycles. The molecule has 2 heterocycles. The molecule has 96 valence electrons. The summed E-state index contributed by atoms with van der Waals surface area (Å²) in [6.45, 7) is 7.40. The van der Waals surface area contributed by atoms with Crippen molar-refractivity contribution in [2.24, 2.45) is 0 Å². The van der Waals surface area contributed by atoms with E-state index in [0.29, 0.717) is 6.54 Å². The van der Waals surface area contributed by atoms with E-state index in [1.54, 1.807) is 0 Å². The first-order chi connectivity index (χ1) is 8.60. The summed E-state index contributed by atoms with van der Waals surface area (Å²) in [6, 6.07) is 3.86.